The molecule has 0 N–H and O–H groups in total. The van der Waals surface area contributed by atoms with Crippen molar-refractivity contribution in [3.63, 3.8) is 0 Å². The molecule has 2 fully saturated rings. The predicted octanol–water partition coefficient (Wildman–Crippen LogP) is 1.61. The fraction of sp³-hybridized carbons (Fsp3) is 0.462. The predicted molar refractivity (Wildman–Crippen MR) is 74.6 cm³/mol. The lowest BCUT2D eigenvalue weighted by Gasteiger charge is -2.31. The lowest BCUT2D eigenvalue weighted by Crippen LogP contribution is -2.28. The zero-order valence-electron chi connectivity index (χ0n) is 10.4. The molecule has 0 spiro atoms. The van der Waals surface area contributed by atoms with Gasteiger partial charge in [-0.25, -0.2) is 0 Å². The standard InChI is InChI=1S/C13H17N4P/c1-2-4-12(5-3-1)13-14-6-7-17(13)18(15-8-9-15)16-10-11-16/h1-5H,6-11H2. The van der Waals surface area contributed by atoms with Crippen LogP contribution in [0.4, 0.5) is 0 Å². The largest absolute Gasteiger partial charge is 0.308 e. The van der Waals surface area contributed by atoms with Crippen molar-refractivity contribution in [1.29, 1.82) is 0 Å². The maximum Gasteiger partial charge on any atom is 0.150 e. The molecule has 2 saturated heterocycles. The first-order valence-corrected chi connectivity index (χ1v) is 7.81. The van der Waals surface area contributed by atoms with E-state index in [2.05, 4.69) is 44.3 Å². The molecular formula is C13H17N4P. The van der Waals surface area contributed by atoms with Gasteiger partial charge in [-0.3, -0.25) is 14.3 Å². The average molecular weight is 260 g/mol. The number of hydrogen-bond donors (Lipinski definition) is 0. The summed E-state index contributed by atoms with van der Waals surface area (Å²) in [6.07, 6.45) is 0. The zero-order valence-corrected chi connectivity index (χ0v) is 11.3. The third-order valence-electron chi connectivity index (χ3n) is 3.42. The Bertz CT molecular complexity index is 455. The van der Waals surface area contributed by atoms with Crippen LogP contribution >= 0.6 is 8.37 Å². The van der Waals surface area contributed by atoms with Crippen LogP contribution in [0.5, 0.6) is 0 Å². The molecule has 1 aromatic carbocycles. The van der Waals surface area contributed by atoms with Crippen molar-refractivity contribution in [2.75, 3.05) is 39.3 Å². The van der Waals surface area contributed by atoms with E-state index in [9.17, 15) is 0 Å². The molecule has 4 rings (SSSR count). The quantitative estimate of drug-likeness (QED) is 0.606. The zero-order chi connectivity index (χ0) is 11.9. The van der Waals surface area contributed by atoms with Gasteiger partial charge in [-0.1, -0.05) is 30.3 Å². The number of hydrogen-bond acceptors (Lipinski definition) is 4. The van der Waals surface area contributed by atoms with E-state index in [4.69, 9.17) is 4.99 Å². The third kappa shape index (κ3) is 1.95. The summed E-state index contributed by atoms with van der Waals surface area (Å²) in [6.45, 7) is 7.09. The summed E-state index contributed by atoms with van der Waals surface area (Å²) in [6, 6.07) is 10.6. The molecule has 0 radical (unpaired) electrons. The fourth-order valence-electron chi connectivity index (χ4n) is 2.37. The van der Waals surface area contributed by atoms with Crippen LogP contribution < -0.4 is 0 Å². The minimum atomic E-state index is -0.251. The highest BCUT2D eigenvalue weighted by molar-refractivity contribution is 7.51. The summed E-state index contributed by atoms with van der Waals surface area (Å²) in [5, 5.41) is 0. The van der Waals surface area contributed by atoms with Crippen LogP contribution in [0.15, 0.2) is 35.3 Å². The van der Waals surface area contributed by atoms with Crippen LogP contribution in [-0.2, 0) is 0 Å². The van der Waals surface area contributed by atoms with Crippen molar-refractivity contribution >= 4 is 14.2 Å². The molecule has 3 heterocycles. The van der Waals surface area contributed by atoms with E-state index in [0.29, 0.717) is 0 Å². The smallest absolute Gasteiger partial charge is 0.150 e. The first kappa shape index (κ1) is 10.9. The van der Waals surface area contributed by atoms with E-state index < -0.39 is 0 Å². The highest BCUT2D eigenvalue weighted by atomic mass is 31.2. The second-order valence-corrected chi connectivity index (χ2v) is 7.02. The van der Waals surface area contributed by atoms with Crippen LogP contribution in [0.1, 0.15) is 5.56 Å². The Balaban J connectivity index is 1.62. The molecule has 3 aliphatic heterocycles. The Morgan fingerprint density at radius 2 is 1.56 bits per heavy atom. The van der Waals surface area contributed by atoms with Gasteiger partial charge in [0.25, 0.3) is 0 Å². The Hall–Kier alpha value is -0.960. The number of nitrogens with zero attached hydrogens (tertiary/aromatic N) is 4. The molecule has 0 bridgehead atoms. The third-order valence-corrected chi connectivity index (χ3v) is 6.05. The van der Waals surface area contributed by atoms with Crippen molar-refractivity contribution in [1.82, 2.24) is 14.0 Å². The summed E-state index contributed by atoms with van der Waals surface area (Å²) < 4.78 is 7.73. The normalized spacial score (nSPS) is 23.6. The van der Waals surface area contributed by atoms with Crippen LogP contribution in [-0.4, -0.2) is 59.1 Å². The molecule has 0 saturated carbocycles. The second kappa shape index (κ2) is 4.30. The molecule has 0 aliphatic carbocycles. The van der Waals surface area contributed by atoms with E-state index in [-0.39, 0.29) is 8.37 Å². The van der Waals surface area contributed by atoms with Crippen LogP contribution in [0.2, 0.25) is 0 Å². The topological polar surface area (TPSA) is 21.6 Å². The van der Waals surface area contributed by atoms with Crippen molar-refractivity contribution in [3.05, 3.63) is 35.9 Å². The maximum absolute atomic E-state index is 4.73. The number of amidine groups is 1. The molecule has 5 heteroatoms. The van der Waals surface area contributed by atoms with E-state index in [1.54, 1.807) is 0 Å². The molecule has 1 aromatic rings. The number of rotatable bonds is 4. The summed E-state index contributed by atoms with van der Waals surface area (Å²) >= 11 is 0. The van der Waals surface area contributed by atoms with E-state index in [1.165, 1.54) is 37.6 Å². The van der Waals surface area contributed by atoms with Gasteiger partial charge >= 0.3 is 0 Å². The highest BCUT2D eigenvalue weighted by Gasteiger charge is 2.44. The van der Waals surface area contributed by atoms with Gasteiger partial charge in [-0.2, -0.15) is 0 Å². The van der Waals surface area contributed by atoms with E-state index >= 15 is 0 Å². The minimum absolute atomic E-state index is 0.251. The second-order valence-electron chi connectivity index (χ2n) is 4.87. The van der Waals surface area contributed by atoms with Gasteiger partial charge in [-0.15, -0.1) is 0 Å². The SMILES string of the molecule is c1ccc(C2=NCCN2P(N2CC2)N2CC2)cc1. The van der Waals surface area contributed by atoms with Crippen LogP contribution in [0, 0.1) is 0 Å². The first-order valence-electron chi connectivity index (χ1n) is 6.61. The first-order chi connectivity index (χ1) is 8.93. The molecule has 0 aromatic heterocycles. The molecule has 4 nitrogen and oxygen atoms in total. The van der Waals surface area contributed by atoms with E-state index in [0.717, 1.165) is 13.1 Å². The summed E-state index contributed by atoms with van der Waals surface area (Å²) in [5.74, 6) is 1.21. The molecule has 0 atom stereocenters. The number of aliphatic imine (C=N–C) groups is 1. The molecule has 0 amide bonds. The van der Waals surface area contributed by atoms with Gasteiger partial charge in [0.2, 0.25) is 0 Å². The summed E-state index contributed by atoms with van der Waals surface area (Å²) in [4.78, 5) is 4.73. The number of benzene rings is 1. The van der Waals surface area contributed by atoms with E-state index in [1.807, 2.05) is 0 Å². The summed E-state index contributed by atoms with van der Waals surface area (Å²) in [7, 11) is -0.251. The van der Waals surface area contributed by atoms with Crippen molar-refractivity contribution in [2.45, 2.75) is 0 Å². The molecule has 0 unspecified atom stereocenters. The lowest BCUT2D eigenvalue weighted by molar-refractivity contribution is 0.623. The molecule has 3 aliphatic rings. The Morgan fingerprint density at radius 3 is 2.17 bits per heavy atom. The fourth-order valence-corrected chi connectivity index (χ4v) is 4.85. The Kier molecular flexibility index (Phi) is 2.61. The van der Waals surface area contributed by atoms with Gasteiger partial charge in [0.05, 0.1) is 6.54 Å². The van der Waals surface area contributed by atoms with Gasteiger partial charge in [0.1, 0.15) is 5.84 Å². The van der Waals surface area contributed by atoms with Gasteiger partial charge in [0.15, 0.2) is 8.37 Å². The maximum atomic E-state index is 4.73. The summed E-state index contributed by atoms with van der Waals surface area (Å²) in [5.41, 5.74) is 1.27. The molecule has 18 heavy (non-hydrogen) atoms. The van der Waals surface area contributed by atoms with Crippen LogP contribution in [0.3, 0.4) is 0 Å². The lowest BCUT2D eigenvalue weighted by atomic mass is 10.2. The minimum Gasteiger partial charge on any atom is -0.308 e. The highest BCUT2D eigenvalue weighted by Crippen LogP contribution is 2.56. The monoisotopic (exact) mass is 260 g/mol. The Labute approximate surface area is 109 Å². The average Bonchev–Trinajstić information content (AvgIpc) is 3.32. The van der Waals surface area contributed by atoms with Gasteiger partial charge in [0, 0.05) is 38.3 Å². The Morgan fingerprint density at radius 1 is 0.889 bits per heavy atom. The molecular weight excluding hydrogens is 243 g/mol. The van der Waals surface area contributed by atoms with Crippen LogP contribution in [0.25, 0.3) is 0 Å². The molecule has 94 valence electrons. The van der Waals surface area contributed by atoms with Crippen molar-refractivity contribution in [3.8, 4) is 0 Å². The van der Waals surface area contributed by atoms with Gasteiger partial charge < -0.3 is 4.67 Å². The van der Waals surface area contributed by atoms with Crippen molar-refractivity contribution < 1.29 is 0 Å². The van der Waals surface area contributed by atoms with Gasteiger partial charge in [-0.05, 0) is 0 Å². The van der Waals surface area contributed by atoms with Crippen molar-refractivity contribution in [2.24, 2.45) is 4.99 Å².